The molecule has 0 saturated carbocycles. The molecule has 0 spiro atoms. The third-order valence-electron chi connectivity index (χ3n) is 1.14. The number of rotatable bonds is 5. The SMILES string of the molecule is CCCC(OC)OCC. The predicted molar refractivity (Wildman–Crippen MR) is 37.3 cm³/mol. The van der Waals surface area contributed by atoms with Crippen LogP contribution in [0.15, 0.2) is 0 Å². The van der Waals surface area contributed by atoms with Crippen LogP contribution in [0, 0.1) is 0 Å². The number of hydrogen-bond acceptors (Lipinski definition) is 2. The normalized spacial score (nSPS) is 13.7. The molecule has 1 atom stereocenters. The Morgan fingerprint density at radius 2 is 2.00 bits per heavy atom. The molecule has 0 aliphatic carbocycles. The first-order valence-electron chi connectivity index (χ1n) is 3.49. The minimum atomic E-state index is 0.0139. The Hall–Kier alpha value is -0.0800. The van der Waals surface area contributed by atoms with Gasteiger partial charge in [0, 0.05) is 13.7 Å². The lowest BCUT2D eigenvalue weighted by Gasteiger charge is -2.12. The van der Waals surface area contributed by atoms with E-state index in [1.165, 1.54) is 0 Å². The standard InChI is InChI=1S/C7H16O2/c1-4-6-7(8-3)9-5-2/h7H,4-6H2,1-3H3. The van der Waals surface area contributed by atoms with Gasteiger partial charge in [0.1, 0.15) is 0 Å². The van der Waals surface area contributed by atoms with Gasteiger partial charge >= 0.3 is 0 Å². The van der Waals surface area contributed by atoms with E-state index in [1.807, 2.05) is 6.92 Å². The van der Waals surface area contributed by atoms with Crippen molar-refractivity contribution < 1.29 is 9.47 Å². The van der Waals surface area contributed by atoms with Crippen LogP contribution in [-0.4, -0.2) is 20.0 Å². The molecule has 0 aliphatic heterocycles. The Labute approximate surface area is 57.2 Å². The summed E-state index contributed by atoms with van der Waals surface area (Å²) in [5.41, 5.74) is 0. The largest absolute Gasteiger partial charge is 0.356 e. The van der Waals surface area contributed by atoms with E-state index in [2.05, 4.69) is 6.92 Å². The Morgan fingerprint density at radius 1 is 1.33 bits per heavy atom. The Balaban J connectivity index is 3.18. The van der Waals surface area contributed by atoms with Crippen LogP contribution in [-0.2, 0) is 9.47 Å². The maximum atomic E-state index is 5.21. The number of ether oxygens (including phenoxy) is 2. The molecule has 1 unspecified atom stereocenters. The maximum absolute atomic E-state index is 5.21. The Kier molecular flexibility index (Phi) is 5.99. The van der Waals surface area contributed by atoms with Crippen molar-refractivity contribution in [2.24, 2.45) is 0 Å². The van der Waals surface area contributed by atoms with E-state index in [1.54, 1.807) is 7.11 Å². The summed E-state index contributed by atoms with van der Waals surface area (Å²) in [5.74, 6) is 0. The summed E-state index contributed by atoms with van der Waals surface area (Å²) in [5, 5.41) is 0. The van der Waals surface area contributed by atoms with Gasteiger partial charge in [-0.25, -0.2) is 0 Å². The fourth-order valence-electron chi connectivity index (χ4n) is 0.691. The highest BCUT2D eigenvalue weighted by Crippen LogP contribution is 2.01. The molecule has 0 fully saturated rings. The third kappa shape index (κ3) is 4.43. The Morgan fingerprint density at radius 3 is 2.33 bits per heavy atom. The fourth-order valence-corrected chi connectivity index (χ4v) is 0.691. The van der Waals surface area contributed by atoms with Crippen LogP contribution in [0.25, 0.3) is 0 Å². The molecular formula is C7H16O2. The summed E-state index contributed by atoms with van der Waals surface area (Å²) in [6.07, 6.45) is 2.11. The molecule has 0 saturated heterocycles. The molecule has 0 radical (unpaired) electrons. The van der Waals surface area contributed by atoms with Crippen LogP contribution in [0.4, 0.5) is 0 Å². The molecule has 56 valence electrons. The number of hydrogen-bond donors (Lipinski definition) is 0. The molecule has 0 N–H and O–H groups in total. The van der Waals surface area contributed by atoms with E-state index in [9.17, 15) is 0 Å². The first-order valence-corrected chi connectivity index (χ1v) is 3.49. The smallest absolute Gasteiger partial charge is 0.157 e. The van der Waals surface area contributed by atoms with Crippen molar-refractivity contribution in [3.8, 4) is 0 Å². The van der Waals surface area contributed by atoms with Crippen molar-refractivity contribution in [2.75, 3.05) is 13.7 Å². The second kappa shape index (κ2) is 6.05. The second-order valence-corrected chi connectivity index (χ2v) is 1.91. The van der Waals surface area contributed by atoms with Crippen molar-refractivity contribution in [3.05, 3.63) is 0 Å². The summed E-state index contributed by atoms with van der Waals surface area (Å²) in [6.45, 7) is 4.82. The Bertz CT molecular complexity index is 48.9. The fraction of sp³-hybridized carbons (Fsp3) is 1.00. The molecule has 2 nitrogen and oxygen atoms in total. The maximum Gasteiger partial charge on any atom is 0.157 e. The zero-order chi connectivity index (χ0) is 7.11. The van der Waals surface area contributed by atoms with Gasteiger partial charge in [-0.1, -0.05) is 13.3 Å². The van der Waals surface area contributed by atoms with Gasteiger partial charge in [0.15, 0.2) is 6.29 Å². The van der Waals surface area contributed by atoms with Crippen molar-refractivity contribution in [3.63, 3.8) is 0 Å². The van der Waals surface area contributed by atoms with Gasteiger partial charge in [0.2, 0.25) is 0 Å². The number of methoxy groups -OCH3 is 1. The monoisotopic (exact) mass is 132 g/mol. The van der Waals surface area contributed by atoms with E-state index < -0.39 is 0 Å². The van der Waals surface area contributed by atoms with Crippen LogP contribution in [0.3, 0.4) is 0 Å². The van der Waals surface area contributed by atoms with Gasteiger partial charge in [-0.05, 0) is 13.3 Å². The molecule has 0 bridgehead atoms. The summed E-state index contributed by atoms with van der Waals surface area (Å²) >= 11 is 0. The lowest BCUT2D eigenvalue weighted by molar-refractivity contribution is -0.123. The molecule has 0 aliphatic rings. The van der Waals surface area contributed by atoms with Crippen LogP contribution in [0.2, 0.25) is 0 Å². The van der Waals surface area contributed by atoms with Gasteiger partial charge < -0.3 is 9.47 Å². The van der Waals surface area contributed by atoms with E-state index >= 15 is 0 Å². The first-order chi connectivity index (χ1) is 4.35. The predicted octanol–water partition coefficient (Wildman–Crippen LogP) is 1.80. The van der Waals surface area contributed by atoms with Gasteiger partial charge in [-0.3, -0.25) is 0 Å². The third-order valence-corrected chi connectivity index (χ3v) is 1.14. The minimum Gasteiger partial charge on any atom is -0.356 e. The zero-order valence-corrected chi connectivity index (χ0v) is 6.52. The molecule has 2 heteroatoms. The van der Waals surface area contributed by atoms with E-state index in [4.69, 9.17) is 9.47 Å². The topological polar surface area (TPSA) is 18.5 Å². The highest BCUT2D eigenvalue weighted by molar-refractivity contribution is 4.39. The van der Waals surface area contributed by atoms with Crippen LogP contribution < -0.4 is 0 Å². The zero-order valence-electron chi connectivity index (χ0n) is 6.52. The van der Waals surface area contributed by atoms with E-state index in [0.29, 0.717) is 0 Å². The molecule has 9 heavy (non-hydrogen) atoms. The van der Waals surface area contributed by atoms with E-state index in [0.717, 1.165) is 19.4 Å². The van der Waals surface area contributed by atoms with Crippen molar-refractivity contribution in [1.29, 1.82) is 0 Å². The molecular weight excluding hydrogens is 116 g/mol. The van der Waals surface area contributed by atoms with Crippen molar-refractivity contribution in [2.45, 2.75) is 33.0 Å². The summed E-state index contributed by atoms with van der Waals surface area (Å²) < 4.78 is 10.2. The molecule has 0 amide bonds. The van der Waals surface area contributed by atoms with Gasteiger partial charge in [0.05, 0.1) is 0 Å². The highest BCUT2D eigenvalue weighted by atomic mass is 16.7. The molecule has 0 heterocycles. The highest BCUT2D eigenvalue weighted by Gasteiger charge is 2.02. The van der Waals surface area contributed by atoms with E-state index in [-0.39, 0.29) is 6.29 Å². The summed E-state index contributed by atoms with van der Waals surface area (Å²) in [6, 6.07) is 0. The minimum absolute atomic E-state index is 0.0139. The van der Waals surface area contributed by atoms with Crippen LogP contribution >= 0.6 is 0 Å². The first kappa shape index (κ1) is 8.92. The lowest BCUT2D eigenvalue weighted by Crippen LogP contribution is -2.14. The molecule has 0 aromatic rings. The summed E-state index contributed by atoms with van der Waals surface area (Å²) in [4.78, 5) is 0. The quantitative estimate of drug-likeness (QED) is 0.531. The average Bonchev–Trinajstić information content (AvgIpc) is 1.88. The molecule has 0 aromatic carbocycles. The van der Waals surface area contributed by atoms with Crippen molar-refractivity contribution >= 4 is 0 Å². The second-order valence-electron chi connectivity index (χ2n) is 1.91. The molecule has 0 aromatic heterocycles. The lowest BCUT2D eigenvalue weighted by atomic mass is 10.3. The van der Waals surface area contributed by atoms with Gasteiger partial charge in [-0.2, -0.15) is 0 Å². The van der Waals surface area contributed by atoms with Crippen LogP contribution in [0.1, 0.15) is 26.7 Å². The van der Waals surface area contributed by atoms with Gasteiger partial charge in [-0.15, -0.1) is 0 Å². The average molecular weight is 132 g/mol. The van der Waals surface area contributed by atoms with Gasteiger partial charge in [0.25, 0.3) is 0 Å². The molecule has 0 rings (SSSR count). The summed E-state index contributed by atoms with van der Waals surface area (Å²) in [7, 11) is 1.68. The van der Waals surface area contributed by atoms with Crippen molar-refractivity contribution in [1.82, 2.24) is 0 Å². The van der Waals surface area contributed by atoms with Crippen LogP contribution in [0.5, 0.6) is 0 Å².